The van der Waals surface area contributed by atoms with Crippen LogP contribution >= 0.6 is 0 Å². The van der Waals surface area contributed by atoms with Crippen LogP contribution in [-0.2, 0) is 6.54 Å². The Balaban J connectivity index is 1.79. The summed E-state index contributed by atoms with van der Waals surface area (Å²) in [5.41, 5.74) is 3.02. The first kappa shape index (κ1) is 15.1. The van der Waals surface area contributed by atoms with Crippen LogP contribution in [0, 0.1) is 5.92 Å². The minimum absolute atomic E-state index is 0.645. The fraction of sp³-hybridized carbons (Fsp3) is 0.421. The lowest BCUT2D eigenvalue weighted by atomic mass is 9.89. The van der Waals surface area contributed by atoms with Crippen molar-refractivity contribution in [2.75, 3.05) is 12.4 Å². The van der Waals surface area contributed by atoms with Crippen molar-refractivity contribution < 1.29 is 0 Å². The maximum atomic E-state index is 4.92. The van der Waals surface area contributed by atoms with Crippen LogP contribution in [0.5, 0.6) is 0 Å². The minimum atomic E-state index is 0.645. The van der Waals surface area contributed by atoms with Gasteiger partial charge < -0.3 is 5.32 Å². The highest BCUT2D eigenvalue weighted by Gasteiger charge is 2.19. The van der Waals surface area contributed by atoms with Gasteiger partial charge in [-0.2, -0.15) is 10.1 Å². The topological polar surface area (TPSA) is 55.6 Å². The molecule has 3 aromatic rings. The average Bonchev–Trinajstić information content (AvgIpc) is 3.01. The lowest BCUT2D eigenvalue weighted by molar-refractivity contribution is 0.311. The van der Waals surface area contributed by atoms with Crippen LogP contribution in [0.3, 0.4) is 0 Å². The van der Waals surface area contributed by atoms with Crippen molar-refractivity contribution in [3.8, 4) is 11.3 Å². The van der Waals surface area contributed by atoms with Crippen LogP contribution in [0.4, 0.5) is 5.95 Å². The molecular formula is C19H23N5. The summed E-state index contributed by atoms with van der Waals surface area (Å²) in [7, 11) is 1.85. The first-order chi connectivity index (χ1) is 11.8. The van der Waals surface area contributed by atoms with E-state index < -0.39 is 0 Å². The fourth-order valence-corrected chi connectivity index (χ4v) is 3.63. The maximum absolute atomic E-state index is 4.92. The predicted octanol–water partition coefficient (Wildman–Crippen LogP) is 4.12. The maximum Gasteiger partial charge on any atom is 0.224 e. The molecule has 0 spiro atoms. The first-order valence-corrected chi connectivity index (χ1v) is 8.82. The number of nitrogens with one attached hydrogen (secondary N) is 1. The van der Waals surface area contributed by atoms with E-state index in [0.717, 1.165) is 28.8 Å². The van der Waals surface area contributed by atoms with Crippen molar-refractivity contribution in [2.24, 2.45) is 5.92 Å². The Morgan fingerprint density at radius 3 is 2.67 bits per heavy atom. The van der Waals surface area contributed by atoms with Crippen molar-refractivity contribution in [1.29, 1.82) is 0 Å². The smallest absolute Gasteiger partial charge is 0.224 e. The van der Waals surface area contributed by atoms with Crippen LogP contribution < -0.4 is 5.32 Å². The van der Waals surface area contributed by atoms with Gasteiger partial charge in [0, 0.05) is 25.4 Å². The molecule has 124 valence electrons. The second kappa shape index (κ2) is 6.59. The number of rotatable bonds is 4. The zero-order valence-electron chi connectivity index (χ0n) is 14.1. The monoisotopic (exact) mass is 321 g/mol. The Bertz CT molecular complexity index is 818. The van der Waals surface area contributed by atoms with Gasteiger partial charge in [-0.3, -0.25) is 0 Å². The summed E-state index contributed by atoms with van der Waals surface area (Å²) in [6, 6.07) is 10.3. The van der Waals surface area contributed by atoms with E-state index in [-0.39, 0.29) is 0 Å². The second-order valence-electron chi connectivity index (χ2n) is 6.58. The zero-order valence-corrected chi connectivity index (χ0v) is 14.1. The molecule has 1 aromatic carbocycles. The van der Waals surface area contributed by atoms with Crippen molar-refractivity contribution in [3.63, 3.8) is 0 Å². The Morgan fingerprint density at radius 1 is 1.12 bits per heavy atom. The number of hydrogen-bond acceptors (Lipinski definition) is 4. The summed E-state index contributed by atoms with van der Waals surface area (Å²) in [6.07, 6.45) is 8.54. The summed E-state index contributed by atoms with van der Waals surface area (Å²) in [4.78, 5) is 9.08. The quantitative estimate of drug-likeness (QED) is 0.785. The molecule has 1 saturated carbocycles. The van der Waals surface area contributed by atoms with E-state index in [4.69, 9.17) is 5.10 Å². The summed E-state index contributed by atoms with van der Waals surface area (Å²) in [5.74, 6) is 1.35. The molecule has 0 amide bonds. The number of nitrogens with zero attached hydrogens (tertiary/aromatic N) is 4. The Hall–Kier alpha value is -2.43. The molecule has 1 aliphatic rings. The number of anilines is 1. The van der Waals surface area contributed by atoms with Gasteiger partial charge in [0.05, 0.1) is 5.39 Å². The molecule has 0 radical (unpaired) electrons. The van der Waals surface area contributed by atoms with E-state index >= 15 is 0 Å². The third-order valence-electron chi connectivity index (χ3n) is 4.92. The summed E-state index contributed by atoms with van der Waals surface area (Å²) in [6.45, 7) is 0.948. The van der Waals surface area contributed by atoms with Crippen molar-refractivity contribution in [2.45, 2.75) is 38.6 Å². The highest BCUT2D eigenvalue weighted by atomic mass is 15.3. The molecule has 0 aliphatic heterocycles. The van der Waals surface area contributed by atoms with Gasteiger partial charge in [-0.1, -0.05) is 49.6 Å². The second-order valence-corrected chi connectivity index (χ2v) is 6.58. The molecule has 2 heterocycles. The summed E-state index contributed by atoms with van der Waals surface area (Å²) >= 11 is 0. The molecule has 0 bridgehead atoms. The fourth-order valence-electron chi connectivity index (χ4n) is 3.63. The molecule has 1 aliphatic carbocycles. The third kappa shape index (κ3) is 2.86. The normalized spacial score (nSPS) is 15.7. The average molecular weight is 321 g/mol. The Morgan fingerprint density at radius 2 is 1.92 bits per heavy atom. The van der Waals surface area contributed by atoms with Crippen LogP contribution in [0.1, 0.15) is 32.1 Å². The molecule has 1 N–H and O–H groups in total. The van der Waals surface area contributed by atoms with E-state index in [2.05, 4.69) is 32.1 Å². The lowest BCUT2D eigenvalue weighted by Gasteiger charge is -2.21. The molecule has 24 heavy (non-hydrogen) atoms. The van der Waals surface area contributed by atoms with Gasteiger partial charge in [-0.25, -0.2) is 9.67 Å². The van der Waals surface area contributed by atoms with Crippen LogP contribution in [0.25, 0.3) is 22.3 Å². The van der Waals surface area contributed by atoms with E-state index in [1.165, 1.54) is 32.1 Å². The highest BCUT2D eigenvalue weighted by Crippen LogP contribution is 2.30. The molecule has 1 fully saturated rings. The van der Waals surface area contributed by atoms with Crippen molar-refractivity contribution >= 4 is 17.0 Å². The Labute approximate surface area is 142 Å². The molecular weight excluding hydrogens is 298 g/mol. The van der Waals surface area contributed by atoms with Gasteiger partial charge in [-0.15, -0.1) is 0 Å². The molecule has 0 saturated heterocycles. The minimum Gasteiger partial charge on any atom is -0.357 e. The molecule has 5 nitrogen and oxygen atoms in total. The summed E-state index contributed by atoms with van der Waals surface area (Å²) in [5, 5.41) is 8.98. The number of aromatic nitrogens is 4. The van der Waals surface area contributed by atoms with E-state index in [0.29, 0.717) is 11.9 Å². The van der Waals surface area contributed by atoms with Gasteiger partial charge in [-0.05, 0) is 18.8 Å². The Kier molecular flexibility index (Phi) is 4.15. The number of hydrogen-bond donors (Lipinski definition) is 1. The van der Waals surface area contributed by atoms with E-state index in [9.17, 15) is 0 Å². The summed E-state index contributed by atoms with van der Waals surface area (Å²) < 4.78 is 2.09. The third-order valence-corrected chi connectivity index (χ3v) is 4.92. The zero-order chi connectivity index (χ0) is 16.4. The molecule has 2 aromatic heterocycles. The van der Waals surface area contributed by atoms with Crippen LogP contribution in [0.15, 0.2) is 36.5 Å². The molecule has 4 rings (SSSR count). The number of benzene rings is 1. The van der Waals surface area contributed by atoms with Crippen molar-refractivity contribution in [1.82, 2.24) is 19.7 Å². The standard InChI is InChI=1S/C19H23N5/c1-20-19-21-12-16-17(15-10-6-3-7-11-15)23-24(18(16)22-19)13-14-8-4-2-5-9-14/h3,6-7,10-12,14H,2,4-5,8-9,13H2,1H3,(H,20,21,22). The van der Waals surface area contributed by atoms with Crippen molar-refractivity contribution in [3.05, 3.63) is 36.5 Å². The van der Waals surface area contributed by atoms with Gasteiger partial charge in [0.2, 0.25) is 5.95 Å². The van der Waals surface area contributed by atoms with E-state index in [1.807, 2.05) is 31.4 Å². The SMILES string of the molecule is CNc1ncc2c(-c3ccccc3)nn(CC3CCCCC3)c2n1. The molecule has 0 unspecified atom stereocenters. The van der Waals surface area contributed by atoms with E-state index in [1.54, 1.807) is 0 Å². The van der Waals surface area contributed by atoms with Crippen LogP contribution in [0.2, 0.25) is 0 Å². The largest absolute Gasteiger partial charge is 0.357 e. The highest BCUT2D eigenvalue weighted by molar-refractivity contribution is 5.91. The van der Waals surface area contributed by atoms with Gasteiger partial charge in [0.15, 0.2) is 5.65 Å². The first-order valence-electron chi connectivity index (χ1n) is 8.82. The lowest BCUT2D eigenvalue weighted by Crippen LogP contribution is -2.15. The molecule has 0 atom stereocenters. The number of fused-ring (bicyclic) bond motifs is 1. The predicted molar refractivity (Wildman–Crippen MR) is 96.9 cm³/mol. The molecule has 5 heteroatoms. The van der Waals surface area contributed by atoms with Gasteiger partial charge in [0.25, 0.3) is 0 Å². The van der Waals surface area contributed by atoms with Gasteiger partial charge >= 0.3 is 0 Å². The van der Waals surface area contributed by atoms with Crippen LogP contribution in [-0.4, -0.2) is 26.8 Å². The van der Waals surface area contributed by atoms with Gasteiger partial charge in [0.1, 0.15) is 5.69 Å².